The molecular formula is C24H28N4O6S. The molecule has 0 spiro atoms. The Morgan fingerprint density at radius 3 is 2.57 bits per heavy atom. The van der Waals surface area contributed by atoms with Gasteiger partial charge in [-0.25, -0.2) is 23.0 Å². The zero-order valence-corrected chi connectivity index (χ0v) is 20.8. The van der Waals surface area contributed by atoms with Crippen molar-refractivity contribution in [3.63, 3.8) is 0 Å². The topological polar surface area (TPSA) is 147 Å². The van der Waals surface area contributed by atoms with Gasteiger partial charge >= 0.3 is 12.1 Å². The monoisotopic (exact) mass is 500 g/mol. The summed E-state index contributed by atoms with van der Waals surface area (Å²) in [5.74, 6) is -0.638. The van der Waals surface area contributed by atoms with Crippen LogP contribution < -0.4 is 10.6 Å². The van der Waals surface area contributed by atoms with Crippen LogP contribution in [0.5, 0.6) is 0 Å². The molecule has 0 aliphatic heterocycles. The summed E-state index contributed by atoms with van der Waals surface area (Å²) in [7, 11) is -3.45. The number of rotatable bonds is 6. The minimum absolute atomic E-state index is 0.0503. The third-order valence-electron chi connectivity index (χ3n) is 5.17. The van der Waals surface area contributed by atoms with Gasteiger partial charge in [-0.05, 0) is 70.4 Å². The molecule has 2 N–H and O–H groups in total. The van der Waals surface area contributed by atoms with Gasteiger partial charge < -0.3 is 20.1 Å². The zero-order valence-electron chi connectivity index (χ0n) is 20.0. The van der Waals surface area contributed by atoms with Crippen molar-refractivity contribution >= 4 is 33.4 Å². The van der Waals surface area contributed by atoms with Gasteiger partial charge in [0, 0.05) is 11.9 Å². The minimum Gasteiger partial charge on any atom is -0.456 e. The van der Waals surface area contributed by atoms with Crippen LogP contribution in [0.2, 0.25) is 0 Å². The van der Waals surface area contributed by atoms with Gasteiger partial charge in [0.15, 0.2) is 9.84 Å². The molecule has 186 valence electrons. The Bertz CT molecular complexity index is 1260. The Balaban J connectivity index is 1.80. The lowest BCUT2D eigenvalue weighted by molar-refractivity contribution is 0.0196. The number of alkyl carbamates (subject to hydrolysis) is 1. The van der Waals surface area contributed by atoms with E-state index in [1.807, 2.05) is 6.07 Å². The molecule has 2 atom stereocenters. The number of ether oxygens (including phenoxy) is 2. The number of hydrogen-bond donors (Lipinski definition) is 2. The van der Waals surface area contributed by atoms with E-state index in [4.69, 9.17) is 9.47 Å². The van der Waals surface area contributed by atoms with Crippen molar-refractivity contribution in [3.05, 3.63) is 47.7 Å². The van der Waals surface area contributed by atoms with Crippen molar-refractivity contribution in [2.45, 2.75) is 62.7 Å². The van der Waals surface area contributed by atoms with Crippen LogP contribution in [-0.2, 0) is 19.3 Å². The summed E-state index contributed by atoms with van der Waals surface area (Å²) in [6.07, 6.45) is 1.90. The van der Waals surface area contributed by atoms with Crippen LogP contribution >= 0.6 is 0 Å². The summed E-state index contributed by atoms with van der Waals surface area (Å²) < 4.78 is 34.8. The summed E-state index contributed by atoms with van der Waals surface area (Å²) in [4.78, 5) is 29.5. The lowest BCUT2D eigenvalue weighted by Gasteiger charge is -2.25. The second-order valence-electron chi connectivity index (χ2n) is 9.26. The fourth-order valence-electron chi connectivity index (χ4n) is 3.61. The highest BCUT2D eigenvalue weighted by Gasteiger charge is 2.34. The smallest absolute Gasteiger partial charge is 0.408 e. The van der Waals surface area contributed by atoms with Crippen molar-refractivity contribution in [1.29, 1.82) is 5.26 Å². The van der Waals surface area contributed by atoms with E-state index in [-0.39, 0.29) is 22.0 Å². The molecule has 1 saturated carbocycles. The Morgan fingerprint density at radius 1 is 1.17 bits per heavy atom. The number of benzene rings is 1. The molecule has 0 unspecified atom stereocenters. The molecule has 0 saturated heterocycles. The first-order chi connectivity index (χ1) is 16.4. The van der Waals surface area contributed by atoms with Crippen LogP contribution in [0.15, 0.2) is 41.3 Å². The molecule has 1 heterocycles. The molecule has 1 aliphatic rings. The fourth-order valence-corrected chi connectivity index (χ4v) is 4.28. The molecule has 1 aromatic carbocycles. The third-order valence-corrected chi connectivity index (χ3v) is 6.28. The Hall–Kier alpha value is -3.65. The van der Waals surface area contributed by atoms with Crippen molar-refractivity contribution in [1.82, 2.24) is 10.3 Å². The van der Waals surface area contributed by atoms with E-state index in [9.17, 15) is 23.3 Å². The molecule has 0 radical (unpaired) electrons. The maximum absolute atomic E-state index is 13.1. The van der Waals surface area contributed by atoms with Crippen LogP contribution in [0, 0.1) is 11.3 Å². The van der Waals surface area contributed by atoms with E-state index in [2.05, 4.69) is 15.6 Å². The van der Waals surface area contributed by atoms with Crippen molar-refractivity contribution in [3.8, 4) is 6.07 Å². The maximum atomic E-state index is 13.1. The molecule has 3 rings (SSSR count). The average molecular weight is 501 g/mol. The summed E-state index contributed by atoms with van der Waals surface area (Å²) in [6.45, 7) is 5.28. The van der Waals surface area contributed by atoms with E-state index < -0.39 is 39.6 Å². The van der Waals surface area contributed by atoms with E-state index in [0.717, 1.165) is 12.7 Å². The lowest BCUT2D eigenvalue weighted by Crippen LogP contribution is -2.44. The van der Waals surface area contributed by atoms with Crippen LogP contribution in [0.3, 0.4) is 0 Å². The number of amides is 1. The molecule has 10 nitrogen and oxygen atoms in total. The van der Waals surface area contributed by atoms with E-state index in [1.165, 1.54) is 24.3 Å². The van der Waals surface area contributed by atoms with E-state index >= 15 is 0 Å². The Morgan fingerprint density at radius 2 is 1.91 bits per heavy atom. The molecule has 1 aromatic heterocycles. The normalized spacial score (nSPS) is 17.8. The highest BCUT2D eigenvalue weighted by molar-refractivity contribution is 7.90. The fraction of sp³-hybridized carbons (Fsp3) is 0.417. The second-order valence-corrected chi connectivity index (χ2v) is 11.3. The molecule has 35 heavy (non-hydrogen) atoms. The zero-order chi connectivity index (χ0) is 25.8. The second kappa shape index (κ2) is 10.3. The van der Waals surface area contributed by atoms with Gasteiger partial charge in [-0.2, -0.15) is 5.26 Å². The number of pyridine rings is 1. The molecule has 1 aliphatic carbocycles. The highest BCUT2D eigenvalue weighted by Crippen LogP contribution is 2.27. The van der Waals surface area contributed by atoms with Gasteiger partial charge in [0.2, 0.25) is 0 Å². The summed E-state index contributed by atoms with van der Waals surface area (Å²) in [5, 5.41) is 14.9. The standard InChI is InChI=1S/C24H28N4O6S/c1-24(2,3)34-23(30)28-19-9-6-10-20(19)33-22(29)18-12-11-16(14-25)27-21(18)26-15-7-5-8-17(13-15)35(4,31)32/h5,7-8,11-13,19-20H,6,9-10H2,1-4H3,(H,26,27)(H,28,30)/t19-,20+/m0/s1. The number of esters is 1. The number of sulfone groups is 1. The van der Waals surface area contributed by atoms with Crippen molar-refractivity contribution < 1.29 is 27.5 Å². The largest absolute Gasteiger partial charge is 0.456 e. The average Bonchev–Trinajstić information content (AvgIpc) is 3.18. The number of nitrogens with zero attached hydrogens (tertiary/aromatic N) is 2. The molecule has 1 fully saturated rings. The Labute approximate surface area is 204 Å². The van der Waals surface area contributed by atoms with E-state index in [1.54, 1.807) is 32.9 Å². The molecule has 1 amide bonds. The number of carbonyl (C=O) groups excluding carboxylic acids is 2. The summed E-state index contributed by atoms with van der Waals surface area (Å²) >= 11 is 0. The SMILES string of the molecule is CC(C)(C)OC(=O)N[C@H]1CCC[C@H]1OC(=O)c1ccc(C#N)nc1Nc1cccc(S(C)(=O)=O)c1. The first-order valence-corrected chi connectivity index (χ1v) is 12.9. The number of carbonyl (C=O) groups is 2. The third kappa shape index (κ3) is 7.16. The van der Waals surface area contributed by atoms with Gasteiger partial charge in [0.25, 0.3) is 0 Å². The molecule has 2 aromatic rings. The van der Waals surface area contributed by atoms with Crippen LogP contribution in [-0.4, -0.2) is 49.5 Å². The van der Waals surface area contributed by atoms with Gasteiger partial charge in [-0.3, -0.25) is 0 Å². The highest BCUT2D eigenvalue weighted by atomic mass is 32.2. The Kier molecular flexibility index (Phi) is 7.65. The van der Waals surface area contributed by atoms with Crippen LogP contribution in [0.4, 0.5) is 16.3 Å². The molecular weight excluding hydrogens is 472 g/mol. The minimum atomic E-state index is -3.45. The molecule has 11 heteroatoms. The number of nitriles is 1. The van der Waals surface area contributed by atoms with E-state index in [0.29, 0.717) is 18.5 Å². The van der Waals surface area contributed by atoms with Gasteiger partial charge in [0.1, 0.15) is 34.8 Å². The summed E-state index contributed by atoms with van der Waals surface area (Å²) in [6, 6.07) is 10.3. The predicted octanol–water partition coefficient (Wildman–Crippen LogP) is 3.70. The van der Waals surface area contributed by atoms with Gasteiger partial charge in [0.05, 0.1) is 10.9 Å². The molecule has 0 bridgehead atoms. The first-order valence-electron chi connectivity index (χ1n) is 11.0. The summed E-state index contributed by atoms with van der Waals surface area (Å²) in [5.41, 5.74) is -0.155. The van der Waals surface area contributed by atoms with Crippen LogP contribution in [0.1, 0.15) is 56.1 Å². The predicted molar refractivity (Wildman–Crippen MR) is 128 cm³/mol. The first kappa shape index (κ1) is 26.0. The number of nitrogens with one attached hydrogen (secondary N) is 2. The number of anilines is 2. The quantitative estimate of drug-likeness (QED) is 0.566. The van der Waals surface area contributed by atoms with Crippen molar-refractivity contribution in [2.75, 3.05) is 11.6 Å². The van der Waals surface area contributed by atoms with Gasteiger partial charge in [-0.1, -0.05) is 6.07 Å². The van der Waals surface area contributed by atoms with Crippen molar-refractivity contribution in [2.24, 2.45) is 0 Å². The van der Waals surface area contributed by atoms with Crippen LogP contribution in [0.25, 0.3) is 0 Å². The number of hydrogen-bond acceptors (Lipinski definition) is 9. The van der Waals surface area contributed by atoms with Gasteiger partial charge in [-0.15, -0.1) is 0 Å². The maximum Gasteiger partial charge on any atom is 0.408 e. The number of aromatic nitrogens is 1. The lowest BCUT2D eigenvalue weighted by atomic mass is 10.2.